The average Bonchev–Trinajstić information content (AvgIpc) is 2.61. The van der Waals surface area contributed by atoms with Crippen LogP contribution in [0.3, 0.4) is 0 Å². The predicted molar refractivity (Wildman–Crippen MR) is 102 cm³/mol. The number of rotatable bonds is 8. The fraction of sp³-hybridized carbons (Fsp3) is 0.368. The number of halogens is 1. The molecule has 0 saturated carbocycles. The van der Waals surface area contributed by atoms with Gasteiger partial charge in [-0.2, -0.15) is 0 Å². The summed E-state index contributed by atoms with van der Waals surface area (Å²) in [5, 5.41) is 0. The summed E-state index contributed by atoms with van der Waals surface area (Å²) in [4.78, 5) is 1.94. The molecule has 6 nitrogen and oxygen atoms in total. The summed E-state index contributed by atoms with van der Waals surface area (Å²) in [7, 11) is 2.76. The number of sulfonamides is 1. The van der Waals surface area contributed by atoms with Crippen molar-refractivity contribution in [2.24, 2.45) is 0 Å². The Morgan fingerprint density at radius 2 is 1.74 bits per heavy atom. The van der Waals surface area contributed by atoms with Crippen molar-refractivity contribution in [2.75, 3.05) is 34.9 Å². The number of aryl methyl sites for hydroxylation is 1. The van der Waals surface area contributed by atoms with Gasteiger partial charge in [0.1, 0.15) is 5.82 Å². The van der Waals surface area contributed by atoms with Crippen molar-refractivity contribution >= 4 is 10.0 Å². The quantitative estimate of drug-likeness (QED) is 0.743. The largest absolute Gasteiger partial charge is 0.493 e. The van der Waals surface area contributed by atoms with Gasteiger partial charge in [-0.25, -0.2) is 17.5 Å². The maximum absolute atomic E-state index is 13.6. The number of nitrogens with zero attached hydrogens (tertiary/aromatic N) is 1. The number of likely N-dealkylation sites (N-methyl/N-ethyl adjacent to an activating group) is 1. The van der Waals surface area contributed by atoms with E-state index < -0.39 is 10.0 Å². The van der Waals surface area contributed by atoms with Gasteiger partial charge in [-0.15, -0.1) is 0 Å². The molecule has 0 heterocycles. The number of hydrogen-bond donors (Lipinski definition) is 1. The molecule has 2 aromatic carbocycles. The molecule has 2 aromatic rings. The van der Waals surface area contributed by atoms with Crippen LogP contribution in [-0.4, -0.2) is 48.2 Å². The van der Waals surface area contributed by atoms with Crippen LogP contribution in [0.5, 0.6) is 11.5 Å². The molecule has 0 bridgehead atoms. The lowest BCUT2D eigenvalue weighted by Gasteiger charge is -2.25. The molecule has 0 aliphatic carbocycles. The first kappa shape index (κ1) is 21.1. The van der Waals surface area contributed by atoms with E-state index in [1.807, 2.05) is 19.0 Å². The molecule has 2 rings (SSSR count). The summed E-state index contributed by atoms with van der Waals surface area (Å²) in [6.07, 6.45) is 0. The number of ether oxygens (including phenoxy) is 2. The molecule has 0 fully saturated rings. The molecule has 1 atom stereocenters. The smallest absolute Gasteiger partial charge is 0.241 e. The van der Waals surface area contributed by atoms with Crippen molar-refractivity contribution in [1.29, 1.82) is 0 Å². The molecule has 0 radical (unpaired) electrons. The minimum absolute atomic E-state index is 0.0899. The molecular weight excluding hydrogens is 371 g/mol. The van der Waals surface area contributed by atoms with E-state index in [0.29, 0.717) is 22.6 Å². The van der Waals surface area contributed by atoms with Gasteiger partial charge in [0.15, 0.2) is 11.5 Å². The highest BCUT2D eigenvalue weighted by Crippen LogP contribution is 2.32. The van der Waals surface area contributed by atoms with Crippen LogP contribution in [0.2, 0.25) is 0 Å². The minimum atomic E-state index is -3.80. The van der Waals surface area contributed by atoms with Crippen molar-refractivity contribution in [3.8, 4) is 11.5 Å². The van der Waals surface area contributed by atoms with Gasteiger partial charge in [0.05, 0.1) is 19.1 Å². The SMILES string of the molecule is COc1cc(C)c(S(=O)(=O)NC[C@H](c2cccc(F)c2)N(C)C)cc1OC. The van der Waals surface area contributed by atoms with Crippen LogP contribution < -0.4 is 14.2 Å². The van der Waals surface area contributed by atoms with Crippen molar-refractivity contribution in [3.05, 3.63) is 53.3 Å². The third kappa shape index (κ3) is 4.97. The first-order chi connectivity index (χ1) is 12.7. The number of hydrogen-bond acceptors (Lipinski definition) is 5. The van der Waals surface area contributed by atoms with Crippen LogP contribution in [-0.2, 0) is 10.0 Å². The molecule has 27 heavy (non-hydrogen) atoms. The highest BCUT2D eigenvalue weighted by molar-refractivity contribution is 7.89. The van der Waals surface area contributed by atoms with Crippen molar-refractivity contribution in [1.82, 2.24) is 9.62 Å². The molecule has 0 aromatic heterocycles. The van der Waals surface area contributed by atoms with E-state index in [1.165, 1.54) is 32.4 Å². The zero-order chi connectivity index (χ0) is 20.2. The highest BCUT2D eigenvalue weighted by atomic mass is 32.2. The van der Waals surface area contributed by atoms with Crippen LogP contribution in [0, 0.1) is 12.7 Å². The van der Waals surface area contributed by atoms with Gasteiger partial charge < -0.3 is 14.4 Å². The topological polar surface area (TPSA) is 67.9 Å². The summed E-state index contributed by atoms with van der Waals surface area (Å²) < 4.78 is 52.3. The summed E-state index contributed by atoms with van der Waals surface area (Å²) in [6.45, 7) is 1.78. The van der Waals surface area contributed by atoms with E-state index in [-0.39, 0.29) is 23.3 Å². The minimum Gasteiger partial charge on any atom is -0.493 e. The maximum Gasteiger partial charge on any atom is 0.241 e. The monoisotopic (exact) mass is 396 g/mol. The Hall–Kier alpha value is -2.16. The van der Waals surface area contributed by atoms with Crippen molar-refractivity contribution < 1.29 is 22.3 Å². The van der Waals surface area contributed by atoms with Gasteiger partial charge in [-0.1, -0.05) is 12.1 Å². The average molecular weight is 396 g/mol. The third-order valence-corrected chi connectivity index (χ3v) is 5.86. The molecule has 0 aliphatic heterocycles. The molecule has 1 N–H and O–H groups in total. The van der Waals surface area contributed by atoms with Crippen LogP contribution >= 0.6 is 0 Å². The normalized spacial score (nSPS) is 12.9. The van der Waals surface area contributed by atoms with Crippen molar-refractivity contribution in [2.45, 2.75) is 17.9 Å². The fourth-order valence-electron chi connectivity index (χ4n) is 2.83. The molecule has 0 unspecified atom stereocenters. The summed E-state index contributed by atoms with van der Waals surface area (Å²) in [5.41, 5.74) is 1.22. The Bertz CT molecular complexity index is 901. The summed E-state index contributed by atoms with van der Waals surface area (Å²) >= 11 is 0. The first-order valence-corrected chi connectivity index (χ1v) is 9.82. The van der Waals surface area contributed by atoms with Gasteiger partial charge in [0, 0.05) is 18.7 Å². The second kappa shape index (κ2) is 8.69. The van der Waals surface area contributed by atoms with Gasteiger partial charge in [-0.3, -0.25) is 0 Å². The number of methoxy groups -OCH3 is 2. The fourth-order valence-corrected chi connectivity index (χ4v) is 4.11. The molecule has 8 heteroatoms. The molecule has 0 aliphatic rings. The zero-order valence-electron chi connectivity index (χ0n) is 16.1. The maximum atomic E-state index is 13.6. The lowest BCUT2D eigenvalue weighted by atomic mass is 10.1. The van der Waals surface area contributed by atoms with Crippen LogP contribution in [0.4, 0.5) is 4.39 Å². The van der Waals surface area contributed by atoms with E-state index in [1.54, 1.807) is 25.1 Å². The standard InChI is InChI=1S/C19H25FN2O4S/c1-13-9-17(25-4)18(26-5)11-19(13)27(23,24)21-12-16(22(2)3)14-7-6-8-15(20)10-14/h6-11,16,21H,12H2,1-5H3/t16-/m1/s1. The molecule has 0 spiro atoms. The van der Waals surface area contributed by atoms with E-state index in [2.05, 4.69) is 4.72 Å². The molecule has 0 saturated heterocycles. The Morgan fingerprint density at radius 3 is 2.30 bits per heavy atom. The Kier molecular flexibility index (Phi) is 6.80. The van der Waals surface area contributed by atoms with E-state index in [9.17, 15) is 12.8 Å². The summed E-state index contributed by atoms with van der Waals surface area (Å²) in [5.74, 6) is 0.426. The predicted octanol–water partition coefficient (Wildman–Crippen LogP) is 2.73. The van der Waals surface area contributed by atoms with Gasteiger partial charge in [0.25, 0.3) is 0 Å². The van der Waals surface area contributed by atoms with E-state index in [4.69, 9.17) is 9.47 Å². The van der Waals surface area contributed by atoms with E-state index in [0.717, 1.165) is 0 Å². The zero-order valence-corrected chi connectivity index (χ0v) is 16.9. The second-order valence-corrected chi connectivity index (χ2v) is 8.09. The van der Waals surface area contributed by atoms with Crippen molar-refractivity contribution in [3.63, 3.8) is 0 Å². The summed E-state index contributed by atoms with van der Waals surface area (Å²) in [6, 6.07) is 8.86. The Morgan fingerprint density at radius 1 is 1.11 bits per heavy atom. The number of nitrogens with one attached hydrogen (secondary N) is 1. The lowest BCUT2D eigenvalue weighted by molar-refractivity contribution is 0.298. The van der Waals surface area contributed by atoms with Crippen LogP contribution in [0.15, 0.2) is 41.3 Å². The molecular formula is C19H25FN2O4S. The Balaban J connectivity index is 2.30. The highest BCUT2D eigenvalue weighted by Gasteiger charge is 2.23. The Labute approximate surface area is 160 Å². The molecule has 148 valence electrons. The lowest BCUT2D eigenvalue weighted by Crippen LogP contribution is -2.34. The number of benzene rings is 2. The first-order valence-electron chi connectivity index (χ1n) is 8.33. The van der Waals surface area contributed by atoms with Gasteiger partial charge in [-0.05, 0) is 50.3 Å². The van der Waals surface area contributed by atoms with Gasteiger partial charge in [0.2, 0.25) is 10.0 Å². The van der Waals surface area contributed by atoms with Crippen LogP contribution in [0.1, 0.15) is 17.2 Å². The second-order valence-electron chi connectivity index (χ2n) is 6.36. The van der Waals surface area contributed by atoms with Crippen LogP contribution in [0.25, 0.3) is 0 Å². The molecule has 0 amide bonds. The van der Waals surface area contributed by atoms with Gasteiger partial charge >= 0.3 is 0 Å². The third-order valence-electron chi connectivity index (χ3n) is 4.29. The van der Waals surface area contributed by atoms with E-state index >= 15 is 0 Å².